The zero-order valence-corrected chi connectivity index (χ0v) is 14.2. The standard InChI is InChI=1S/C19H30N2O2/c22-17-7-3-4-10-21(17)13-14-8-11-20(12-9-14)19(23)18-15-5-1-2-6-16(15)18/h14-16,18H,1-13H2. The molecule has 2 amide bonds. The van der Waals surface area contributed by atoms with Crippen LogP contribution in [-0.2, 0) is 9.59 Å². The molecule has 128 valence electrons. The van der Waals surface area contributed by atoms with Gasteiger partial charge in [-0.3, -0.25) is 9.59 Å². The summed E-state index contributed by atoms with van der Waals surface area (Å²) < 4.78 is 0. The molecule has 2 aliphatic heterocycles. The minimum Gasteiger partial charge on any atom is -0.342 e. The van der Waals surface area contributed by atoms with Gasteiger partial charge in [0.1, 0.15) is 0 Å². The minimum atomic E-state index is 0.344. The van der Waals surface area contributed by atoms with Gasteiger partial charge in [-0.1, -0.05) is 12.8 Å². The number of hydrogen-bond donors (Lipinski definition) is 0. The van der Waals surface area contributed by atoms with E-state index >= 15 is 0 Å². The van der Waals surface area contributed by atoms with Crippen LogP contribution in [0.4, 0.5) is 0 Å². The lowest BCUT2D eigenvalue weighted by atomic mass is 9.94. The summed E-state index contributed by atoms with van der Waals surface area (Å²) in [7, 11) is 0. The average Bonchev–Trinajstić information content (AvgIpc) is 3.31. The van der Waals surface area contributed by atoms with Gasteiger partial charge >= 0.3 is 0 Å². The second-order valence-corrected chi connectivity index (χ2v) is 8.20. The first-order valence-electron chi connectivity index (χ1n) is 9.80. The first-order valence-corrected chi connectivity index (χ1v) is 9.80. The fraction of sp³-hybridized carbons (Fsp3) is 0.895. The van der Waals surface area contributed by atoms with E-state index in [1.54, 1.807) is 0 Å². The predicted molar refractivity (Wildman–Crippen MR) is 88.7 cm³/mol. The fourth-order valence-corrected chi connectivity index (χ4v) is 5.27. The maximum atomic E-state index is 12.7. The second kappa shape index (κ2) is 6.45. The van der Waals surface area contributed by atoms with Crippen LogP contribution in [0.25, 0.3) is 0 Å². The number of fused-ring (bicyclic) bond motifs is 1. The van der Waals surface area contributed by atoms with E-state index in [-0.39, 0.29) is 0 Å². The molecule has 4 fully saturated rings. The number of carbonyl (C=O) groups excluding carboxylic acids is 2. The SMILES string of the molecule is O=C1CCCCN1CC1CCN(C(=O)C2C3CCCCC32)CC1. The lowest BCUT2D eigenvalue weighted by molar-refractivity contribution is -0.137. The highest BCUT2D eigenvalue weighted by atomic mass is 16.2. The molecule has 4 heteroatoms. The molecule has 4 nitrogen and oxygen atoms in total. The van der Waals surface area contributed by atoms with Crippen molar-refractivity contribution in [2.45, 2.75) is 57.8 Å². The van der Waals surface area contributed by atoms with Gasteiger partial charge in [-0.15, -0.1) is 0 Å². The van der Waals surface area contributed by atoms with Crippen molar-refractivity contribution >= 4 is 11.8 Å². The Morgan fingerprint density at radius 1 is 0.913 bits per heavy atom. The van der Waals surface area contributed by atoms with Crippen molar-refractivity contribution in [3.63, 3.8) is 0 Å². The van der Waals surface area contributed by atoms with E-state index in [0.29, 0.717) is 23.7 Å². The molecular formula is C19H30N2O2. The zero-order valence-electron chi connectivity index (χ0n) is 14.2. The third kappa shape index (κ3) is 3.14. The molecule has 0 N–H and O–H groups in total. The van der Waals surface area contributed by atoms with E-state index in [9.17, 15) is 9.59 Å². The van der Waals surface area contributed by atoms with Crippen molar-refractivity contribution in [2.75, 3.05) is 26.2 Å². The van der Waals surface area contributed by atoms with E-state index in [1.165, 1.54) is 25.7 Å². The molecule has 4 rings (SSSR count). The molecule has 2 atom stereocenters. The van der Waals surface area contributed by atoms with Crippen molar-refractivity contribution < 1.29 is 9.59 Å². The smallest absolute Gasteiger partial charge is 0.226 e. The number of rotatable bonds is 3. The topological polar surface area (TPSA) is 40.6 Å². The van der Waals surface area contributed by atoms with E-state index in [2.05, 4.69) is 9.80 Å². The summed E-state index contributed by atoms with van der Waals surface area (Å²) in [4.78, 5) is 28.9. The van der Waals surface area contributed by atoms with Gasteiger partial charge in [0.15, 0.2) is 0 Å². The Balaban J connectivity index is 1.24. The Morgan fingerprint density at radius 2 is 1.61 bits per heavy atom. The quantitative estimate of drug-likeness (QED) is 0.803. The van der Waals surface area contributed by atoms with Gasteiger partial charge in [-0.25, -0.2) is 0 Å². The molecular weight excluding hydrogens is 288 g/mol. The number of hydrogen-bond acceptors (Lipinski definition) is 2. The van der Waals surface area contributed by atoms with Crippen LogP contribution in [0.3, 0.4) is 0 Å². The van der Waals surface area contributed by atoms with Crippen LogP contribution in [0, 0.1) is 23.7 Å². The Bertz CT molecular complexity index is 458. The Kier molecular flexibility index (Phi) is 4.33. The van der Waals surface area contributed by atoms with Crippen LogP contribution in [0.2, 0.25) is 0 Å². The summed E-state index contributed by atoms with van der Waals surface area (Å²) in [6, 6.07) is 0. The van der Waals surface area contributed by atoms with Gasteiger partial charge in [0.05, 0.1) is 0 Å². The van der Waals surface area contributed by atoms with Gasteiger partial charge < -0.3 is 9.80 Å². The monoisotopic (exact) mass is 318 g/mol. The highest BCUT2D eigenvalue weighted by Crippen LogP contribution is 2.56. The van der Waals surface area contributed by atoms with E-state index in [0.717, 1.165) is 70.1 Å². The third-order valence-electron chi connectivity index (χ3n) is 6.77. The second-order valence-electron chi connectivity index (χ2n) is 8.20. The number of carbonyl (C=O) groups is 2. The molecule has 23 heavy (non-hydrogen) atoms. The number of nitrogens with zero attached hydrogens (tertiary/aromatic N) is 2. The van der Waals surface area contributed by atoms with Crippen LogP contribution >= 0.6 is 0 Å². The summed E-state index contributed by atoms with van der Waals surface area (Å²) in [5, 5.41) is 0. The molecule has 2 heterocycles. The molecule has 2 saturated carbocycles. The normalized spacial score (nSPS) is 35.1. The van der Waals surface area contributed by atoms with Crippen molar-refractivity contribution in [3.8, 4) is 0 Å². The largest absolute Gasteiger partial charge is 0.342 e. The molecule has 4 aliphatic rings. The molecule has 2 aliphatic carbocycles. The van der Waals surface area contributed by atoms with Gasteiger partial charge in [0, 0.05) is 38.5 Å². The lowest BCUT2D eigenvalue weighted by Gasteiger charge is -2.36. The maximum absolute atomic E-state index is 12.7. The number of likely N-dealkylation sites (tertiary alicyclic amines) is 2. The van der Waals surface area contributed by atoms with Crippen LogP contribution in [-0.4, -0.2) is 47.8 Å². The highest BCUT2D eigenvalue weighted by molar-refractivity contribution is 5.82. The highest BCUT2D eigenvalue weighted by Gasteiger charge is 2.55. The maximum Gasteiger partial charge on any atom is 0.226 e. The summed E-state index contributed by atoms with van der Waals surface area (Å²) >= 11 is 0. The Morgan fingerprint density at radius 3 is 2.26 bits per heavy atom. The molecule has 0 aromatic carbocycles. The van der Waals surface area contributed by atoms with Crippen LogP contribution < -0.4 is 0 Å². The fourth-order valence-electron chi connectivity index (χ4n) is 5.27. The van der Waals surface area contributed by atoms with Gasteiger partial charge in [0.25, 0.3) is 0 Å². The van der Waals surface area contributed by atoms with E-state index in [4.69, 9.17) is 0 Å². The third-order valence-corrected chi connectivity index (χ3v) is 6.77. The summed E-state index contributed by atoms with van der Waals surface area (Å²) in [6.45, 7) is 3.71. The van der Waals surface area contributed by atoms with Crippen molar-refractivity contribution in [1.29, 1.82) is 0 Å². The number of piperidine rings is 2. The molecule has 0 aromatic heterocycles. The first kappa shape index (κ1) is 15.5. The molecule has 0 aromatic rings. The van der Waals surface area contributed by atoms with Gasteiger partial charge in [-0.05, 0) is 56.3 Å². The first-order chi connectivity index (χ1) is 11.2. The van der Waals surface area contributed by atoms with Crippen molar-refractivity contribution in [2.24, 2.45) is 23.7 Å². The predicted octanol–water partition coefficient (Wildman–Crippen LogP) is 2.67. The molecule has 0 spiro atoms. The van der Waals surface area contributed by atoms with E-state index in [1.807, 2.05) is 0 Å². The van der Waals surface area contributed by atoms with Gasteiger partial charge in [0.2, 0.25) is 11.8 Å². The summed E-state index contributed by atoms with van der Waals surface area (Å²) in [6.07, 6.45) is 10.4. The molecule has 2 saturated heterocycles. The van der Waals surface area contributed by atoms with E-state index < -0.39 is 0 Å². The van der Waals surface area contributed by atoms with Crippen LogP contribution in [0.1, 0.15) is 57.8 Å². The number of amides is 2. The summed E-state index contributed by atoms with van der Waals surface area (Å²) in [5.74, 6) is 3.21. The Labute approximate surface area is 139 Å². The average molecular weight is 318 g/mol. The van der Waals surface area contributed by atoms with Gasteiger partial charge in [-0.2, -0.15) is 0 Å². The lowest BCUT2D eigenvalue weighted by Crippen LogP contribution is -2.44. The van der Waals surface area contributed by atoms with Crippen LogP contribution in [0.15, 0.2) is 0 Å². The molecule has 0 bridgehead atoms. The zero-order chi connectivity index (χ0) is 15.8. The Hall–Kier alpha value is -1.06. The molecule has 0 radical (unpaired) electrons. The summed E-state index contributed by atoms with van der Waals surface area (Å²) in [5.41, 5.74) is 0. The molecule has 2 unspecified atom stereocenters. The van der Waals surface area contributed by atoms with Crippen LogP contribution in [0.5, 0.6) is 0 Å². The minimum absolute atomic E-state index is 0.344. The van der Waals surface area contributed by atoms with Crippen molar-refractivity contribution in [3.05, 3.63) is 0 Å². The van der Waals surface area contributed by atoms with Crippen molar-refractivity contribution in [1.82, 2.24) is 9.80 Å².